The molecule has 1 fully saturated rings. The zero-order valence-electron chi connectivity index (χ0n) is 18.0. The zero-order valence-corrected chi connectivity index (χ0v) is 18.8. The molecule has 31 heavy (non-hydrogen) atoms. The van der Waals surface area contributed by atoms with Gasteiger partial charge in [0.1, 0.15) is 5.65 Å². The molecule has 5 nitrogen and oxygen atoms in total. The van der Waals surface area contributed by atoms with Gasteiger partial charge in [-0.15, -0.1) is 0 Å². The van der Waals surface area contributed by atoms with Gasteiger partial charge in [-0.1, -0.05) is 19.1 Å². The minimum absolute atomic E-state index is 0.0943. The number of fused-ring (bicyclic) bond motifs is 3. The molecule has 6 heteroatoms. The third-order valence-corrected chi connectivity index (χ3v) is 7.97. The molecule has 0 saturated carbocycles. The molecular weight excluding hydrogens is 406 g/mol. The van der Waals surface area contributed by atoms with Crippen LogP contribution < -0.4 is 0 Å². The van der Waals surface area contributed by atoms with Gasteiger partial charge in [0.2, 0.25) is 0 Å². The van der Waals surface area contributed by atoms with Crippen LogP contribution in [0.25, 0.3) is 33.1 Å². The molecule has 1 N–H and O–H groups in total. The Bertz CT molecular complexity index is 1380. The van der Waals surface area contributed by atoms with Crippen molar-refractivity contribution in [3.8, 4) is 11.1 Å². The van der Waals surface area contributed by atoms with Crippen molar-refractivity contribution in [1.82, 2.24) is 14.9 Å². The summed E-state index contributed by atoms with van der Waals surface area (Å²) >= 11 is 0. The first kappa shape index (κ1) is 20.2. The molecule has 1 aliphatic rings. The van der Waals surface area contributed by atoms with Crippen molar-refractivity contribution < 1.29 is 8.42 Å². The minimum atomic E-state index is -3.27. The Morgan fingerprint density at radius 2 is 1.90 bits per heavy atom. The monoisotopic (exact) mass is 433 g/mol. The number of aromatic nitrogens is 2. The Kier molecular flexibility index (Phi) is 5.07. The highest BCUT2D eigenvalue weighted by molar-refractivity contribution is 7.91. The number of hydrogen-bond acceptors (Lipinski definition) is 4. The van der Waals surface area contributed by atoms with Gasteiger partial charge in [-0.3, -0.25) is 4.90 Å². The molecular formula is C25H27N3O2S. The first-order valence-corrected chi connectivity index (χ1v) is 12.6. The van der Waals surface area contributed by atoms with Crippen molar-refractivity contribution in [3.05, 3.63) is 59.8 Å². The molecule has 0 aliphatic carbocycles. The lowest BCUT2D eigenvalue weighted by Gasteiger charge is -2.16. The standard InChI is InChI=1S/C25H27N3O2S/c1-3-31(29,30)20-8-6-7-19(14-20)21-12-18(16-28-9-4-5-10-28)13-23-24(21)22-11-17(2)15-26-25(22)27-23/h6-8,11-15H,3-5,9-10,16H2,1-2H3,(H,26,27). The number of aromatic amines is 1. The molecule has 2 aromatic heterocycles. The Balaban J connectivity index is 1.75. The highest BCUT2D eigenvalue weighted by atomic mass is 32.2. The molecule has 3 heterocycles. The maximum atomic E-state index is 12.5. The number of pyridine rings is 1. The van der Waals surface area contributed by atoms with Gasteiger partial charge >= 0.3 is 0 Å². The van der Waals surface area contributed by atoms with E-state index in [0.717, 1.165) is 58.3 Å². The predicted octanol–water partition coefficient (Wildman–Crippen LogP) is 5.08. The van der Waals surface area contributed by atoms with Gasteiger partial charge in [0.05, 0.1) is 10.6 Å². The number of nitrogens with zero attached hydrogens (tertiary/aromatic N) is 2. The number of sulfone groups is 1. The second-order valence-electron chi connectivity index (χ2n) is 8.51. The molecule has 1 saturated heterocycles. The van der Waals surface area contributed by atoms with Gasteiger partial charge in [0.25, 0.3) is 0 Å². The van der Waals surface area contributed by atoms with Gasteiger partial charge in [-0.05, 0) is 85.4 Å². The summed E-state index contributed by atoms with van der Waals surface area (Å²) in [5.74, 6) is 0.0943. The van der Waals surface area contributed by atoms with Crippen LogP contribution in [0.15, 0.2) is 53.6 Å². The van der Waals surface area contributed by atoms with Crippen molar-refractivity contribution in [2.45, 2.75) is 38.1 Å². The highest BCUT2D eigenvalue weighted by Crippen LogP contribution is 2.36. The second kappa shape index (κ2) is 7.77. The smallest absolute Gasteiger partial charge is 0.178 e. The van der Waals surface area contributed by atoms with E-state index in [1.807, 2.05) is 31.3 Å². The third kappa shape index (κ3) is 3.75. The Morgan fingerprint density at radius 3 is 2.68 bits per heavy atom. The third-order valence-electron chi connectivity index (χ3n) is 6.23. The number of aryl methyl sites for hydroxylation is 1. The highest BCUT2D eigenvalue weighted by Gasteiger charge is 2.18. The molecule has 160 valence electrons. The molecule has 4 aromatic rings. The quantitative estimate of drug-likeness (QED) is 0.477. The minimum Gasteiger partial charge on any atom is -0.339 e. The molecule has 1 aliphatic heterocycles. The van der Waals surface area contributed by atoms with Crippen LogP contribution in [0, 0.1) is 6.92 Å². The first-order chi connectivity index (χ1) is 14.9. The zero-order chi connectivity index (χ0) is 21.6. The van der Waals surface area contributed by atoms with Crippen molar-refractivity contribution in [1.29, 1.82) is 0 Å². The lowest BCUT2D eigenvalue weighted by Crippen LogP contribution is -2.18. The normalized spacial score (nSPS) is 15.3. The molecule has 2 aromatic carbocycles. The maximum Gasteiger partial charge on any atom is 0.178 e. The van der Waals surface area contributed by atoms with Crippen LogP contribution in [0.3, 0.4) is 0 Å². The molecule has 0 bridgehead atoms. The van der Waals surface area contributed by atoms with Gasteiger partial charge in [-0.2, -0.15) is 0 Å². The summed E-state index contributed by atoms with van der Waals surface area (Å²) < 4.78 is 25.1. The van der Waals surface area contributed by atoms with Gasteiger partial charge < -0.3 is 4.98 Å². The van der Waals surface area contributed by atoms with Crippen molar-refractivity contribution >= 4 is 31.8 Å². The molecule has 0 radical (unpaired) electrons. The van der Waals surface area contributed by atoms with Gasteiger partial charge in [0.15, 0.2) is 9.84 Å². The number of rotatable bonds is 5. The number of nitrogens with one attached hydrogen (secondary N) is 1. The largest absolute Gasteiger partial charge is 0.339 e. The first-order valence-electron chi connectivity index (χ1n) is 10.9. The molecule has 5 rings (SSSR count). The Morgan fingerprint density at radius 1 is 1.10 bits per heavy atom. The van der Waals surface area contributed by atoms with E-state index in [2.05, 4.69) is 33.1 Å². The lowest BCUT2D eigenvalue weighted by molar-refractivity contribution is 0.331. The van der Waals surface area contributed by atoms with E-state index in [-0.39, 0.29) is 5.75 Å². The number of H-pyrrole nitrogens is 1. The second-order valence-corrected chi connectivity index (χ2v) is 10.8. The van der Waals surface area contributed by atoms with Gasteiger partial charge in [-0.25, -0.2) is 13.4 Å². The average Bonchev–Trinajstić information content (AvgIpc) is 3.40. The fourth-order valence-electron chi connectivity index (χ4n) is 4.62. The van der Waals surface area contributed by atoms with E-state index in [1.165, 1.54) is 18.4 Å². The van der Waals surface area contributed by atoms with E-state index < -0.39 is 9.84 Å². The molecule has 0 amide bonds. The van der Waals surface area contributed by atoms with E-state index in [4.69, 9.17) is 0 Å². The summed E-state index contributed by atoms with van der Waals surface area (Å²) in [4.78, 5) is 10.9. The summed E-state index contributed by atoms with van der Waals surface area (Å²) in [5.41, 5.74) is 6.21. The summed E-state index contributed by atoms with van der Waals surface area (Å²) in [5, 5.41) is 2.17. The number of likely N-dealkylation sites (tertiary alicyclic amines) is 1. The average molecular weight is 434 g/mol. The van der Waals surface area contributed by atoms with Crippen LogP contribution in [0.2, 0.25) is 0 Å². The molecule has 0 atom stereocenters. The van der Waals surface area contributed by atoms with Crippen LogP contribution in [-0.4, -0.2) is 42.1 Å². The van der Waals surface area contributed by atoms with E-state index in [1.54, 1.807) is 13.0 Å². The SMILES string of the molecule is CCS(=O)(=O)c1cccc(-c2cc(CN3CCCC3)cc3[nH]c4ncc(C)cc4c23)c1. The van der Waals surface area contributed by atoms with Crippen LogP contribution in [-0.2, 0) is 16.4 Å². The summed E-state index contributed by atoms with van der Waals surface area (Å²) in [6.45, 7) is 6.89. The summed E-state index contributed by atoms with van der Waals surface area (Å²) in [7, 11) is -3.27. The molecule has 0 spiro atoms. The van der Waals surface area contributed by atoms with E-state index >= 15 is 0 Å². The maximum absolute atomic E-state index is 12.5. The Labute approximate surface area is 183 Å². The van der Waals surface area contributed by atoms with Crippen molar-refractivity contribution in [2.75, 3.05) is 18.8 Å². The fraction of sp³-hybridized carbons (Fsp3) is 0.320. The van der Waals surface area contributed by atoms with Crippen LogP contribution in [0.4, 0.5) is 0 Å². The topological polar surface area (TPSA) is 66.1 Å². The van der Waals surface area contributed by atoms with Crippen LogP contribution in [0.5, 0.6) is 0 Å². The van der Waals surface area contributed by atoms with E-state index in [9.17, 15) is 8.42 Å². The summed E-state index contributed by atoms with van der Waals surface area (Å²) in [6.07, 6.45) is 4.38. The van der Waals surface area contributed by atoms with Crippen LogP contribution >= 0.6 is 0 Å². The number of benzene rings is 2. The Hall–Kier alpha value is -2.70. The summed E-state index contributed by atoms with van der Waals surface area (Å²) in [6, 6.07) is 14.0. The molecule has 0 unspecified atom stereocenters. The lowest BCUT2D eigenvalue weighted by atomic mass is 9.97. The number of hydrogen-bond donors (Lipinski definition) is 1. The van der Waals surface area contributed by atoms with Crippen LogP contribution in [0.1, 0.15) is 30.9 Å². The fourth-order valence-corrected chi connectivity index (χ4v) is 5.54. The van der Waals surface area contributed by atoms with Crippen molar-refractivity contribution in [3.63, 3.8) is 0 Å². The van der Waals surface area contributed by atoms with Gasteiger partial charge in [0, 0.05) is 29.0 Å². The van der Waals surface area contributed by atoms with Crippen molar-refractivity contribution in [2.24, 2.45) is 0 Å². The van der Waals surface area contributed by atoms with E-state index in [0.29, 0.717) is 4.90 Å². The predicted molar refractivity (Wildman–Crippen MR) is 126 cm³/mol.